The van der Waals surface area contributed by atoms with Crippen molar-refractivity contribution in [1.29, 1.82) is 0 Å². The fraction of sp³-hybridized carbons (Fsp3) is 0.769. The molecule has 0 saturated heterocycles. The molecular weight excluding hydrogens is 244 g/mol. The van der Waals surface area contributed by atoms with E-state index in [1.54, 1.807) is 20.4 Å². The highest BCUT2D eigenvalue weighted by Gasteiger charge is 2.29. The minimum atomic E-state index is -0.148. The topological polar surface area (TPSA) is 74.3 Å². The monoisotopic (exact) mass is 270 g/mol. The van der Waals surface area contributed by atoms with Gasteiger partial charge < -0.3 is 9.47 Å². The molecule has 0 aliphatic rings. The van der Waals surface area contributed by atoms with E-state index in [4.69, 9.17) is 15.3 Å². The quantitative estimate of drug-likeness (QED) is 0.556. The Morgan fingerprint density at radius 1 is 1.42 bits per heavy atom. The van der Waals surface area contributed by atoms with Gasteiger partial charge in [0.25, 0.3) is 0 Å². The molecule has 1 aromatic rings. The van der Waals surface area contributed by atoms with E-state index >= 15 is 0 Å². The first-order valence-electron chi connectivity index (χ1n) is 6.70. The van der Waals surface area contributed by atoms with Crippen LogP contribution in [-0.4, -0.2) is 30.1 Å². The van der Waals surface area contributed by atoms with Crippen LogP contribution < -0.4 is 16.0 Å². The van der Waals surface area contributed by atoms with Crippen LogP contribution in [0.4, 0.5) is 0 Å². The number of hydrazine groups is 1. The summed E-state index contributed by atoms with van der Waals surface area (Å²) in [6.07, 6.45) is 3.64. The molecule has 1 heterocycles. The van der Waals surface area contributed by atoms with Gasteiger partial charge in [-0.3, -0.25) is 10.5 Å². The number of aromatic nitrogens is 2. The lowest BCUT2D eigenvalue weighted by atomic mass is 10.0. The zero-order valence-corrected chi connectivity index (χ0v) is 12.5. The van der Waals surface area contributed by atoms with Crippen molar-refractivity contribution in [1.82, 2.24) is 15.2 Å². The SMILES string of the molecule is CCCC(OC)C(NN)c1c(OC)cnn1C(C)C. The summed E-state index contributed by atoms with van der Waals surface area (Å²) in [5, 5.41) is 4.37. The largest absolute Gasteiger partial charge is 0.493 e. The lowest BCUT2D eigenvalue weighted by Crippen LogP contribution is -2.39. The van der Waals surface area contributed by atoms with Crippen molar-refractivity contribution in [3.8, 4) is 5.75 Å². The second kappa shape index (κ2) is 7.47. The van der Waals surface area contributed by atoms with Gasteiger partial charge in [-0.1, -0.05) is 13.3 Å². The van der Waals surface area contributed by atoms with Gasteiger partial charge in [0.15, 0.2) is 5.75 Å². The lowest BCUT2D eigenvalue weighted by Gasteiger charge is -2.27. The normalized spacial score (nSPS) is 14.7. The number of hydrogen-bond donors (Lipinski definition) is 2. The Hall–Kier alpha value is -1.11. The van der Waals surface area contributed by atoms with Crippen molar-refractivity contribution >= 4 is 0 Å². The van der Waals surface area contributed by atoms with E-state index in [1.807, 2.05) is 4.68 Å². The van der Waals surface area contributed by atoms with Crippen LogP contribution >= 0.6 is 0 Å². The average Bonchev–Trinajstić information content (AvgIpc) is 2.82. The third kappa shape index (κ3) is 3.46. The van der Waals surface area contributed by atoms with E-state index in [9.17, 15) is 0 Å². The minimum absolute atomic E-state index is 0.0156. The summed E-state index contributed by atoms with van der Waals surface area (Å²) >= 11 is 0. The molecule has 0 radical (unpaired) electrons. The predicted octanol–water partition coefficient (Wildman–Crippen LogP) is 1.79. The summed E-state index contributed by atoms with van der Waals surface area (Å²) in [6.45, 7) is 6.27. The van der Waals surface area contributed by atoms with Gasteiger partial charge in [-0.05, 0) is 20.3 Å². The standard InChI is InChI=1S/C13H26N4O2/c1-6-7-10(18-4)12(16-14)13-11(19-5)8-15-17(13)9(2)3/h8-10,12,16H,6-7,14H2,1-5H3. The molecule has 0 aliphatic carbocycles. The fourth-order valence-corrected chi connectivity index (χ4v) is 2.29. The Morgan fingerprint density at radius 3 is 2.53 bits per heavy atom. The van der Waals surface area contributed by atoms with Crippen molar-refractivity contribution in [2.75, 3.05) is 14.2 Å². The number of nitrogens with zero attached hydrogens (tertiary/aromatic N) is 2. The molecule has 3 N–H and O–H groups in total. The molecule has 0 aliphatic heterocycles. The Kier molecular flexibility index (Phi) is 6.27. The molecule has 2 unspecified atom stereocenters. The van der Waals surface area contributed by atoms with Crippen LogP contribution in [0.5, 0.6) is 5.75 Å². The maximum Gasteiger partial charge on any atom is 0.161 e. The number of hydrogen-bond acceptors (Lipinski definition) is 5. The third-order valence-electron chi connectivity index (χ3n) is 3.23. The molecular formula is C13H26N4O2. The van der Waals surface area contributed by atoms with Crippen molar-refractivity contribution in [3.63, 3.8) is 0 Å². The van der Waals surface area contributed by atoms with Crippen LogP contribution in [-0.2, 0) is 4.74 Å². The molecule has 110 valence electrons. The average molecular weight is 270 g/mol. The molecule has 6 nitrogen and oxygen atoms in total. The van der Waals surface area contributed by atoms with Crippen molar-refractivity contribution < 1.29 is 9.47 Å². The first-order valence-corrected chi connectivity index (χ1v) is 6.70. The first kappa shape index (κ1) is 15.9. The molecule has 6 heteroatoms. The molecule has 0 spiro atoms. The van der Waals surface area contributed by atoms with Gasteiger partial charge in [-0.25, -0.2) is 5.43 Å². The van der Waals surface area contributed by atoms with Crippen LogP contribution in [0.25, 0.3) is 0 Å². The van der Waals surface area contributed by atoms with Crippen LogP contribution in [0.2, 0.25) is 0 Å². The zero-order chi connectivity index (χ0) is 14.4. The number of nitrogens with two attached hydrogens (primary N) is 1. The lowest BCUT2D eigenvalue weighted by molar-refractivity contribution is 0.0565. The third-order valence-corrected chi connectivity index (χ3v) is 3.23. The molecule has 1 rings (SSSR count). The van der Waals surface area contributed by atoms with E-state index in [0.717, 1.165) is 24.3 Å². The highest BCUT2D eigenvalue weighted by molar-refractivity contribution is 5.29. The predicted molar refractivity (Wildman–Crippen MR) is 74.9 cm³/mol. The van der Waals surface area contributed by atoms with Gasteiger partial charge in [-0.2, -0.15) is 5.10 Å². The molecule has 0 amide bonds. The smallest absolute Gasteiger partial charge is 0.161 e. The summed E-state index contributed by atoms with van der Waals surface area (Å²) in [7, 11) is 3.34. The van der Waals surface area contributed by atoms with Gasteiger partial charge in [0.05, 0.1) is 25.5 Å². The highest BCUT2D eigenvalue weighted by atomic mass is 16.5. The second-order valence-corrected chi connectivity index (χ2v) is 4.84. The number of methoxy groups -OCH3 is 2. The summed E-state index contributed by atoms with van der Waals surface area (Å²) in [5.74, 6) is 6.47. The molecule has 0 fully saturated rings. The maximum atomic E-state index is 5.74. The Bertz CT molecular complexity index is 379. The molecule has 19 heavy (non-hydrogen) atoms. The van der Waals surface area contributed by atoms with Gasteiger partial charge in [0.2, 0.25) is 0 Å². The van der Waals surface area contributed by atoms with Gasteiger partial charge >= 0.3 is 0 Å². The van der Waals surface area contributed by atoms with Gasteiger partial charge in [-0.15, -0.1) is 0 Å². The van der Waals surface area contributed by atoms with E-state index < -0.39 is 0 Å². The van der Waals surface area contributed by atoms with Crippen LogP contribution in [0.1, 0.15) is 51.4 Å². The van der Waals surface area contributed by atoms with Gasteiger partial charge in [0, 0.05) is 13.2 Å². The molecule has 0 aromatic carbocycles. The molecule has 1 aromatic heterocycles. The summed E-state index contributed by atoms with van der Waals surface area (Å²) < 4.78 is 12.9. The van der Waals surface area contributed by atoms with Gasteiger partial charge in [0.1, 0.15) is 5.69 Å². The number of ether oxygens (including phenoxy) is 2. The van der Waals surface area contributed by atoms with Crippen LogP contribution in [0.3, 0.4) is 0 Å². The van der Waals surface area contributed by atoms with E-state index in [2.05, 4.69) is 31.3 Å². The number of rotatable bonds is 8. The Morgan fingerprint density at radius 2 is 2.11 bits per heavy atom. The zero-order valence-electron chi connectivity index (χ0n) is 12.5. The molecule has 0 bridgehead atoms. The van der Waals surface area contributed by atoms with E-state index in [1.165, 1.54) is 0 Å². The minimum Gasteiger partial charge on any atom is -0.493 e. The van der Waals surface area contributed by atoms with Crippen molar-refractivity contribution in [2.45, 2.75) is 51.8 Å². The first-order chi connectivity index (χ1) is 9.10. The maximum absolute atomic E-state index is 5.74. The fourth-order valence-electron chi connectivity index (χ4n) is 2.29. The summed E-state index contributed by atoms with van der Waals surface area (Å²) in [5.41, 5.74) is 3.78. The number of nitrogens with one attached hydrogen (secondary N) is 1. The van der Waals surface area contributed by atoms with E-state index in [0.29, 0.717) is 0 Å². The Balaban J connectivity index is 3.18. The van der Waals surface area contributed by atoms with Crippen LogP contribution in [0.15, 0.2) is 6.20 Å². The van der Waals surface area contributed by atoms with Crippen molar-refractivity contribution in [3.05, 3.63) is 11.9 Å². The highest BCUT2D eigenvalue weighted by Crippen LogP contribution is 2.31. The van der Waals surface area contributed by atoms with Crippen molar-refractivity contribution in [2.24, 2.45) is 5.84 Å². The Labute approximate surface area is 115 Å². The second-order valence-electron chi connectivity index (χ2n) is 4.84. The van der Waals surface area contributed by atoms with Crippen LogP contribution in [0, 0.1) is 0 Å². The summed E-state index contributed by atoms with van der Waals surface area (Å²) in [6, 6.07) is 0.0821. The van der Waals surface area contributed by atoms with E-state index in [-0.39, 0.29) is 18.2 Å². The molecule has 0 saturated carbocycles. The molecule has 2 atom stereocenters. The summed E-state index contributed by atoms with van der Waals surface area (Å²) in [4.78, 5) is 0.